The first-order chi connectivity index (χ1) is 11.9. The summed E-state index contributed by atoms with van der Waals surface area (Å²) in [6.07, 6.45) is -1.03. The Morgan fingerprint density at radius 1 is 1.20 bits per heavy atom. The summed E-state index contributed by atoms with van der Waals surface area (Å²) in [7, 11) is 2.97. The lowest BCUT2D eigenvalue weighted by atomic mass is 10.3. The first-order valence-electron chi connectivity index (χ1n) is 8.18. The Hall–Kier alpha value is -2.01. The minimum Gasteiger partial charge on any atom is -0.394 e. The molecule has 10 nitrogen and oxygen atoms in total. The van der Waals surface area contributed by atoms with Crippen molar-refractivity contribution < 1.29 is 14.9 Å². The van der Waals surface area contributed by atoms with E-state index < -0.39 is 24.0 Å². The predicted molar refractivity (Wildman–Crippen MR) is 89.4 cm³/mol. The molecule has 0 spiro atoms. The van der Waals surface area contributed by atoms with Gasteiger partial charge in [-0.3, -0.25) is 18.8 Å². The van der Waals surface area contributed by atoms with E-state index in [-0.39, 0.29) is 17.7 Å². The van der Waals surface area contributed by atoms with Crippen LogP contribution in [0.5, 0.6) is 0 Å². The molecule has 0 unspecified atom stereocenters. The average molecular weight is 353 g/mol. The molecule has 2 N–H and O–H groups in total. The lowest BCUT2D eigenvalue weighted by Crippen LogP contribution is -2.38. The average Bonchev–Trinajstić information content (AvgIpc) is 2.97. The van der Waals surface area contributed by atoms with Gasteiger partial charge in [-0.2, -0.15) is 0 Å². The maximum Gasteiger partial charge on any atom is 0.332 e. The number of imidazole rings is 1. The van der Waals surface area contributed by atoms with Gasteiger partial charge in [-0.15, -0.1) is 0 Å². The first-order valence-corrected chi connectivity index (χ1v) is 8.18. The summed E-state index contributed by atoms with van der Waals surface area (Å²) >= 11 is 0. The summed E-state index contributed by atoms with van der Waals surface area (Å²) in [6, 6.07) is 0. The molecule has 1 saturated heterocycles. The van der Waals surface area contributed by atoms with E-state index >= 15 is 0 Å². The summed E-state index contributed by atoms with van der Waals surface area (Å²) < 4.78 is 9.28. The zero-order valence-corrected chi connectivity index (χ0v) is 14.4. The fourth-order valence-electron chi connectivity index (χ4n) is 3.04. The monoisotopic (exact) mass is 353 g/mol. The van der Waals surface area contributed by atoms with Gasteiger partial charge in [0.05, 0.1) is 39.0 Å². The summed E-state index contributed by atoms with van der Waals surface area (Å²) in [6.45, 7) is 2.79. The van der Waals surface area contributed by atoms with Crippen LogP contribution < -0.4 is 11.2 Å². The normalized spacial score (nSPS) is 17.3. The lowest BCUT2D eigenvalue weighted by Gasteiger charge is -2.26. The second-order valence-electron chi connectivity index (χ2n) is 6.24. The van der Waals surface area contributed by atoms with Crippen molar-refractivity contribution in [2.45, 2.75) is 19.2 Å². The fraction of sp³-hybridized carbons (Fsp3) is 0.667. The molecule has 0 radical (unpaired) electrons. The van der Waals surface area contributed by atoms with Crippen molar-refractivity contribution in [3.8, 4) is 0 Å². The van der Waals surface area contributed by atoms with E-state index in [1.165, 1.54) is 11.6 Å². The second-order valence-corrected chi connectivity index (χ2v) is 6.24. The Bertz CT molecular complexity index is 877. The van der Waals surface area contributed by atoms with Gasteiger partial charge in [0.2, 0.25) is 0 Å². The minimum atomic E-state index is -1.03. The van der Waals surface area contributed by atoms with Gasteiger partial charge in [-0.1, -0.05) is 0 Å². The van der Waals surface area contributed by atoms with Crippen LogP contribution in [-0.2, 0) is 31.9 Å². The van der Waals surface area contributed by atoms with Crippen LogP contribution in [0.2, 0.25) is 0 Å². The van der Waals surface area contributed by atoms with Crippen LogP contribution in [0.4, 0.5) is 0 Å². The number of aliphatic hydroxyl groups is 2. The van der Waals surface area contributed by atoms with Crippen molar-refractivity contribution >= 4 is 11.2 Å². The first kappa shape index (κ1) is 17.8. The van der Waals surface area contributed by atoms with Gasteiger partial charge in [0.15, 0.2) is 11.2 Å². The molecule has 0 amide bonds. The van der Waals surface area contributed by atoms with Crippen molar-refractivity contribution in [1.82, 2.24) is 23.6 Å². The third-order valence-electron chi connectivity index (χ3n) is 4.50. The van der Waals surface area contributed by atoms with E-state index in [4.69, 9.17) is 4.74 Å². The van der Waals surface area contributed by atoms with Crippen LogP contribution in [0.3, 0.4) is 0 Å². The fourth-order valence-corrected chi connectivity index (χ4v) is 3.04. The summed E-state index contributed by atoms with van der Waals surface area (Å²) in [5.74, 6) is 0.572. The molecule has 1 atom stereocenters. The maximum atomic E-state index is 12.6. The summed E-state index contributed by atoms with van der Waals surface area (Å²) in [5, 5.41) is 19.1. The van der Waals surface area contributed by atoms with Crippen molar-refractivity contribution in [3.05, 3.63) is 26.7 Å². The van der Waals surface area contributed by atoms with Crippen LogP contribution in [0.1, 0.15) is 5.82 Å². The van der Waals surface area contributed by atoms with E-state index in [0.29, 0.717) is 25.6 Å². The minimum absolute atomic E-state index is 0.0279. The Morgan fingerprint density at radius 2 is 1.88 bits per heavy atom. The number of fused-ring (bicyclic) bond motifs is 1. The lowest BCUT2D eigenvalue weighted by molar-refractivity contribution is 0.0318. The van der Waals surface area contributed by atoms with Crippen LogP contribution >= 0.6 is 0 Å². The molecule has 25 heavy (non-hydrogen) atoms. The zero-order valence-electron chi connectivity index (χ0n) is 14.4. The topological polar surface area (TPSA) is 115 Å². The molecule has 0 aliphatic carbocycles. The van der Waals surface area contributed by atoms with Crippen LogP contribution in [0, 0.1) is 0 Å². The number of aliphatic hydroxyl groups excluding tert-OH is 2. The SMILES string of the molecule is Cn1c(=O)c2c(nc(CN3CCOCC3)n2C[C@H](O)CO)n(C)c1=O. The van der Waals surface area contributed by atoms with Gasteiger partial charge in [0, 0.05) is 27.2 Å². The number of rotatable bonds is 5. The molecule has 1 aliphatic rings. The van der Waals surface area contributed by atoms with Gasteiger partial charge in [0.25, 0.3) is 5.56 Å². The molecule has 1 fully saturated rings. The van der Waals surface area contributed by atoms with E-state index in [9.17, 15) is 19.8 Å². The number of nitrogens with zero attached hydrogens (tertiary/aromatic N) is 5. The second kappa shape index (κ2) is 7.08. The third kappa shape index (κ3) is 3.25. The summed E-state index contributed by atoms with van der Waals surface area (Å²) in [4.78, 5) is 31.4. The third-order valence-corrected chi connectivity index (χ3v) is 4.50. The quantitative estimate of drug-likeness (QED) is 0.617. The highest BCUT2D eigenvalue weighted by atomic mass is 16.5. The standard InChI is InChI=1S/C15H23N5O5/c1-17-13-12(14(23)18(2)15(17)24)20(7-10(22)9-21)11(16-13)8-19-3-5-25-6-4-19/h10,21-22H,3-9H2,1-2H3/t10-/m0/s1. The number of ether oxygens (including phenoxy) is 1. The highest BCUT2D eigenvalue weighted by Crippen LogP contribution is 2.15. The van der Waals surface area contributed by atoms with Gasteiger partial charge < -0.3 is 19.5 Å². The van der Waals surface area contributed by atoms with Gasteiger partial charge in [0.1, 0.15) is 5.82 Å². The Morgan fingerprint density at radius 3 is 2.52 bits per heavy atom. The summed E-state index contributed by atoms with van der Waals surface area (Å²) in [5.41, 5.74) is -0.395. The molecule has 1 aliphatic heterocycles. The molecule has 0 saturated carbocycles. The molecule has 2 aromatic heterocycles. The van der Waals surface area contributed by atoms with Crippen molar-refractivity contribution in [1.29, 1.82) is 0 Å². The van der Waals surface area contributed by atoms with E-state index in [2.05, 4.69) is 9.88 Å². The van der Waals surface area contributed by atoms with E-state index in [1.807, 2.05) is 0 Å². The van der Waals surface area contributed by atoms with Crippen molar-refractivity contribution in [2.75, 3.05) is 32.9 Å². The largest absolute Gasteiger partial charge is 0.394 e. The van der Waals surface area contributed by atoms with Gasteiger partial charge in [-0.05, 0) is 0 Å². The molecular formula is C15H23N5O5. The van der Waals surface area contributed by atoms with Crippen LogP contribution in [0.15, 0.2) is 9.59 Å². The Balaban J connectivity index is 2.15. The maximum absolute atomic E-state index is 12.6. The Labute approximate surface area is 143 Å². The highest BCUT2D eigenvalue weighted by molar-refractivity contribution is 5.71. The zero-order chi connectivity index (χ0) is 18.1. The molecule has 2 aromatic rings. The molecule has 3 rings (SSSR count). The van der Waals surface area contributed by atoms with Crippen molar-refractivity contribution in [3.63, 3.8) is 0 Å². The molecule has 3 heterocycles. The van der Waals surface area contributed by atoms with Crippen molar-refractivity contribution in [2.24, 2.45) is 14.1 Å². The van der Waals surface area contributed by atoms with Crippen LogP contribution in [-0.4, -0.2) is 72.8 Å². The molecule has 138 valence electrons. The number of hydrogen-bond donors (Lipinski definition) is 2. The van der Waals surface area contributed by atoms with E-state index in [1.54, 1.807) is 11.6 Å². The molecule has 0 aromatic carbocycles. The number of hydrogen-bond acceptors (Lipinski definition) is 7. The number of aryl methyl sites for hydroxylation is 1. The Kier molecular flexibility index (Phi) is 5.04. The smallest absolute Gasteiger partial charge is 0.332 e. The molecular weight excluding hydrogens is 330 g/mol. The number of morpholine rings is 1. The highest BCUT2D eigenvalue weighted by Gasteiger charge is 2.22. The van der Waals surface area contributed by atoms with Gasteiger partial charge in [-0.25, -0.2) is 9.78 Å². The van der Waals surface area contributed by atoms with Gasteiger partial charge >= 0.3 is 5.69 Å². The van der Waals surface area contributed by atoms with Crippen LogP contribution in [0.25, 0.3) is 11.2 Å². The molecule has 10 heteroatoms. The molecule has 0 bridgehead atoms. The number of aromatic nitrogens is 4. The van der Waals surface area contributed by atoms with E-state index in [0.717, 1.165) is 17.7 Å². The predicted octanol–water partition coefficient (Wildman–Crippen LogP) is -2.38.